The Morgan fingerprint density at radius 2 is 1.85 bits per heavy atom. The molecule has 0 unspecified atom stereocenters. The topological polar surface area (TPSA) is 138 Å². The minimum Gasteiger partial charge on any atom is -0.406 e. The van der Waals surface area contributed by atoms with Crippen molar-refractivity contribution in [3.63, 3.8) is 0 Å². The number of nitrogens with zero attached hydrogens (tertiary/aromatic N) is 4. The van der Waals surface area contributed by atoms with E-state index in [4.69, 9.17) is 11.6 Å². The number of amides is 1. The van der Waals surface area contributed by atoms with Crippen LogP contribution >= 0.6 is 22.9 Å². The Morgan fingerprint density at radius 3 is 2.51 bits per heavy atom. The second-order valence-electron chi connectivity index (χ2n) is 8.85. The smallest absolute Gasteiger partial charge is 0.406 e. The van der Waals surface area contributed by atoms with E-state index in [9.17, 15) is 31.2 Å². The number of hydrogen-bond donors (Lipinski definition) is 2. The molecular weight excluding hydrogens is 609 g/mol. The van der Waals surface area contributed by atoms with Gasteiger partial charge in [0, 0.05) is 31.2 Å². The van der Waals surface area contributed by atoms with Crippen LogP contribution in [0.5, 0.6) is 5.75 Å². The first kappa shape index (κ1) is 28.8. The number of nitrogens with one attached hydrogen (secondary N) is 2. The van der Waals surface area contributed by atoms with Gasteiger partial charge in [-0.2, -0.15) is 9.40 Å². The van der Waals surface area contributed by atoms with Gasteiger partial charge in [-0.1, -0.05) is 35.1 Å². The number of aromatic amines is 1. The predicted molar refractivity (Wildman–Crippen MR) is 144 cm³/mol. The second-order valence-corrected chi connectivity index (χ2v) is 12.2. The number of carbonyl (C=O) groups is 1. The number of anilines is 1. The number of rotatable bonds is 7. The van der Waals surface area contributed by atoms with Gasteiger partial charge in [0.25, 0.3) is 5.56 Å². The van der Waals surface area contributed by atoms with E-state index in [1.165, 1.54) is 42.6 Å². The van der Waals surface area contributed by atoms with Crippen LogP contribution in [0.2, 0.25) is 5.02 Å². The first-order valence-electron chi connectivity index (χ1n) is 11.9. The number of thiazole rings is 1. The summed E-state index contributed by atoms with van der Waals surface area (Å²) in [5.74, 6) is -1.05. The molecule has 1 saturated heterocycles. The Labute approximate surface area is 239 Å². The molecule has 1 aliphatic rings. The monoisotopic (exact) mass is 628 g/mol. The number of aromatic nitrogens is 3. The Hall–Kier alpha value is -3.73. The number of piperazine rings is 1. The number of ether oxygens (including phenoxy) is 1. The van der Waals surface area contributed by atoms with Crippen molar-refractivity contribution in [3.05, 3.63) is 75.7 Å². The summed E-state index contributed by atoms with van der Waals surface area (Å²) in [5, 5.41) is 9.50. The Balaban J connectivity index is 1.39. The molecule has 2 aromatic heterocycles. The first-order valence-corrected chi connectivity index (χ1v) is 14.5. The molecule has 0 spiro atoms. The molecule has 11 nitrogen and oxygen atoms in total. The van der Waals surface area contributed by atoms with Gasteiger partial charge >= 0.3 is 6.36 Å². The van der Waals surface area contributed by atoms with Crippen LogP contribution in [0.15, 0.2) is 64.4 Å². The van der Waals surface area contributed by atoms with Gasteiger partial charge in [0.1, 0.15) is 22.0 Å². The van der Waals surface area contributed by atoms with Crippen LogP contribution in [0, 0.1) is 0 Å². The maximum Gasteiger partial charge on any atom is 0.573 e. The summed E-state index contributed by atoms with van der Waals surface area (Å²) in [6.07, 6.45) is -3.44. The van der Waals surface area contributed by atoms with Gasteiger partial charge in [0.05, 0.1) is 11.1 Å². The molecule has 2 aromatic carbocycles. The number of fused-ring (bicyclic) bond motifs is 1. The van der Waals surface area contributed by atoms with Crippen molar-refractivity contribution in [2.45, 2.75) is 23.8 Å². The van der Waals surface area contributed by atoms with E-state index < -0.39 is 39.6 Å². The molecule has 4 aromatic rings. The average molecular weight is 629 g/mol. The lowest BCUT2D eigenvalue weighted by Crippen LogP contribution is -2.60. The molecule has 0 saturated carbocycles. The number of sulfonamides is 1. The summed E-state index contributed by atoms with van der Waals surface area (Å²) < 4.78 is 69.8. The molecule has 5 rings (SSSR count). The number of H-pyrrole nitrogens is 1. The van der Waals surface area contributed by atoms with Crippen LogP contribution in [0.25, 0.3) is 10.2 Å². The molecule has 1 amide bonds. The fraction of sp³-hybridized carbons (Fsp3) is 0.250. The molecule has 1 atom stereocenters. The van der Waals surface area contributed by atoms with E-state index in [0.29, 0.717) is 25.9 Å². The first-order chi connectivity index (χ1) is 19.4. The van der Waals surface area contributed by atoms with E-state index in [2.05, 4.69) is 25.2 Å². The Morgan fingerprint density at radius 1 is 1.15 bits per heavy atom. The lowest BCUT2D eigenvalue weighted by atomic mass is 10.1. The van der Waals surface area contributed by atoms with E-state index in [1.807, 2.05) is 0 Å². The molecule has 216 valence electrons. The van der Waals surface area contributed by atoms with Crippen molar-refractivity contribution < 1.29 is 31.1 Å². The van der Waals surface area contributed by atoms with Crippen molar-refractivity contribution in [1.82, 2.24) is 24.8 Å². The maximum atomic E-state index is 13.6. The third-order valence-corrected chi connectivity index (χ3v) is 9.45. The fourth-order valence-electron chi connectivity index (χ4n) is 4.21. The molecule has 0 aliphatic carbocycles. The SMILES string of the molecule is O=C(NCc1ccc(OC(F)(F)F)cc1)[C@H]1CN(c2nc3cn[nH]c(=O)c3s2)CCN1S(=O)(=O)c1ccc(Cl)cc1. The Bertz CT molecular complexity index is 1730. The van der Waals surface area contributed by atoms with Crippen LogP contribution in [0.3, 0.4) is 0 Å². The zero-order valence-corrected chi connectivity index (χ0v) is 23.1. The molecule has 3 heterocycles. The highest BCUT2D eigenvalue weighted by molar-refractivity contribution is 7.89. The number of halogens is 4. The molecule has 0 bridgehead atoms. The maximum absolute atomic E-state index is 13.6. The van der Waals surface area contributed by atoms with Gasteiger partial charge < -0.3 is 15.0 Å². The molecule has 41 heavy (non-hydrogen) atoms. The van der Waals surface area contributed by atoms with Gasteiger partial charge in [-0.15, -0.1) is 13.2 Å². The van der Waals surface area contributed by atoms with Crippen LogP contribution in [0.1, 0.15) is 5.56 Å². The van der Waals surface area contributed by atoms with Crippen molar-refractivity contribution in [3.8, 4) is 5.75 Å². The normalized spacial score (nSPS) is 16.6. The zero-order chi connectivity index (χ0) is 29.4. The van der Waals surface area contributed by atoms with E-state index in [0.717, 1.165) is 27.8 Å². The third kappa shape index (κ3) is 6.45. The van der Waals surface area contributed by atoms with Gasteiger partial charge in [-0.25, -0.2) is 18.5 Å². The van der Waals surface area contributed by atoms with Crippen molar-refractivity contribution in [2.75, 3.05) is 24.5 Å². The van der Waals surface area contributed by atoms with Gasteiger partial charge in [0.15, 0.2) is 5.13 Å². The van der Waals surface area contributed by atoms with E-state index in [1.54, 1.807) is 4.90 Å². The highest BCUT2D eigenvalue weighted by atomic mass is 35.5. The van der Waals surface area contributed by atoms with Crippen molar-refractivity contribution in [1.29, 1.82) is 0 Å². The third-order valence-electron chi connectivity index (χ3n) is 6.15. The molecule has 1 fully saturated rings. The predicted octanol–water partition coefficient (Wildman–Crippen LogP) is 3.13. The van der Waals surface area contributed by atoms with Crippen LogP contribution < -0.4 is 20.5 Å². The average Bonchev–Trinajstić information content (AvgIpc) is 3.37. The van der Waals surface area contributed by atoms with Crippen molar-refractivity contribution >= 4 is 54.2 Å². The lowest BCUT2D eigenvalue weighted by Gasteiger charge is -2.39. The van der Waals surface area contributed by atoms with Gasteiger partial charge in [0.2, 0.25) is 15.9 Å². The summed E-state index contributed by atoms with van der Waals surface area (Å²) in [6.45, 7) is -0.0553. The van der Waals surface area contributed by atoms with Gasteiger partial charge in [-0.3, -0.25) is 9.59 Å². The summed E-state index contributed by atoms with van der Waals surface area (Å²) in [5.41, 5.74) is 0.408. The quantitative estimate of drug-likeness (QED) is 0.319. The van der Waals surface area contributed by atoms with E-state index in [-0.39, 0.29) is 31.1 Å². The molecule has 0 radical (unpaired) electrons. The minimum atomic E-state index is -4.84. The van der Waals surface area contributed by atoms with Crippen LogP contribution in [0.4, 0.5) is 18.3 Å². The number of carbonyl (C=O) groups excluding carboxylic acids is 1. The molecule has 1 aliphatic heterocycles. The summed E-state index contributed by atoms with van der Waals surface area (Å²) in [6, 6.07) is 9.26. The van der Waals surface area contributed by atoms with Gasteiger partial charge in [-0.05, 0) is 42.0 Å². The fourth-order valence-corrected chi connectivity index (χ4v) is 6.87. The highest BCUT2D eigenvalue weighted by Gasteiger charge is 2.41. The standard InChI is InChI=1S/C24H20ClF3N6O5S2/c25-15-3-7-17(8-4-15)41(37,38)34-10-9-33(23-31-18-12-30-32-22(36)20(18)40-23)13-19(34)21(35)29-11-14-1-5-16(6-2-14)39-24(26,27)28/h1-8,12,19H,9-11,13H2,(H,29,35)(H,32,36)/t19-/m1/s1. The van der Waals surface area contributed by atoms with Crippen LogP contribution in [-0.2, 0) is 21.4 Å². The molecule has 17 heteroatoms. The zero-order valence-electron chi connectivity index (χ0n) is 20.8. The highest BCUT2D eigenvalue weighted by Crippen LogP contribution is 2.30. The van der Waals surface area contributed by atoms with Crippen molar-refractivity contribution in [2.24, 2.45) is 0 Å². The lowest BCUT2D eigenvalue weighted by molar-refractivity contribution is -0.274. The summed E-state index contributed by atoms with van der Waals surface area (Å²) in [4.78, 5) is 31.7. The second kappa shape index (κ2) is 11.3. The number of benzene rings is 2. The summed E-state index contributed by atoms with van der Waals surface area (Å²) in [7, 11) is -4.13. The number of hydrogen-bond acceptors (Lipinski definition) is 9. The molecular formula is C24H20ClF3N6O5S2. The van der Waals surface area contributed by atoms with E-state index >= 15 is 0 Å². The molecule has 2 N–H and O–H groups in total. The summed E-state index contributed by atoms with van der Waals surface area (Å²) >= 11 is 7.01. The van der Waals surface area contributed by atoms with Crippen LogP contribution in [-0.4, -0.2) is 65.9 Å². The largest absolute Gasteiger partial charge is 0.573 e. The Kier molecular flexibility index (Phi) is 7.91. The number of alkyl halides is 3. The minimum absolute atomic E-state index is 0.0500.